The standard InChI is InChI=1S/C26H28O4/c1-19-10-15-24(23(16-19)26(2,3)4)29-18-25(27)30-22-13-11-21(12-14-22)28-17-20-8-6-5-7-9-20/h5-16H,17-18H2,1-4H3. The van der Waals surface area contributed by atoms with Crippen LogP contribution in [-0.4, -0.2) is 12.6 Å². The molecule has 4 heteroatoms. The largest absolute Gasteiger partial charge is 0.489 e. The lowest BCUT2D eigenvalue weighted by Gasteiger charge is -2.23. The van der Waals surface area contributed by atoms with Gasteiger partial charge < -0.3 is 14.2 Å². The van der Waals surface area contributed by atoms with E-state index in [0.717, 1.165) is 16.7 Å². The van der Waals surface area contributed by atoms with E-state index < -0.39 is 5.97 Å². The fraction of sp³-hybridized carbons (Fsp3) is 0.269. The average molecular weight is 405 g/mol. The zero-order chi connectivity index (χ0) is 21.6. The van der Waals surface area contributed by atoms with Crippen molar-refractivity contribution in [3.8, 4) is 17.2 Å². The van der Waals surface area contributed by atoms with Gasteiger partial charge in [0.25, 0.3) is 0 Å². The summed E-state index contributed by atoms with van der Waals surface area (Å²) in [5, 5.41) is 0. The molecular weight excluding hydrogens is 376 g/mol. The second-order valence-corrected chi connectivity index (χ2v) is 8.26. The summed E-state index contributed by atoms with van der Waals surface area (Å²) in [7, 11) is 0. The Hall–Kier alpha value is -3.27. The van der Waals surface area contributed by atoms with E-state index in [9.17, 15) is 4.79 Å². The van der Waals surface area contributed by atoms with Crippen LogP contribution in [0.4, 0.5) is 0 Å². The molecule has 3 aromatic rings. The highest BCUT2D eigenvalue weighted by atomic mass is 16.6. The maximum atomic E-state index is 12.2. The molecular formula is C26H28O4. The second-order valence-electron chi connectivity index (χ2n) is 8.26. The van der Waals surface area contributed by atoms with Gasteiger partial charge in [-0.25, -0.2) is 4.79 Å². The smallest absolute Gasteiger partial charge is 0.349 e. The van der Waals surface area contributed by atoms with Gasteiger partial charge in [0.05, 0.1) is 0 Å². The van der Waals surface area contributed by atoms with Crippen molar-refractivity contribution in [3.05, 3.63) is 89.5 Å². The fourth-order valence-electron chi connectivity index (χ4n) is 3.00. The van der Waals surface area contributed by atoms with Gasteiger partial charge >= 0.3 is 5.97 Å². The van der Waals surface area contributed by atoms with Crippen molar-refractivity contribution in [2.45, 2.75) is 39.7 Å². The molecule has 0 radical (unpaired) electrons. The number of hydrogen-bond acceptors (Lipinski definition) is 4. The van der Waals surface area contributed by atoms with E-state index in [-0.39, 0.29) is 12.0 Å². The van der Waals surface area contributed by atoms with E-state index in [1.54, 1.807) is 24.3 Å². The van der Waals surface area contributed by atoms with E-state index in [1.807, 2.05) is 49.4 Å². The molecule has 0 atom stereocenters. The van der Waals surface area contributed by atoms with Crippen molar-refractivity contribution in [1.82, 2.24) is 0 Å². The number of ether oxygens (including phenoxy) is 3. The molecule has 0 aliphatic heterocycles. The summed E-state index contributed by atoms with van der Waals surface area (Å²) in [6, 6.07) is 22.9. The van der Waals surface area contributed by atoms with E-state index in [4.69, 9.17) is 14.2 Å². The minimum Gasteiger partial charge on any atom is -0.489 e. The lowest BCUT2D eigenvalue weighted by molar-refractivity contribution is -0.136. The van der Waals surface area contributed by atoms with Crippen molar-refractivity contribution in [3.63, 3.8) is 0 Å². The van der Waals surface area contributed by atoms with Crippen LogP contribution in [0, 0.1) is 6.92 Å². The molecule has 0 N–H and O–H groups in total. The summed E-state index contributed by atoms with van der Waals surface area (Å²) >= 11 is 0. The summed E-state index contributed by atoms with van der Waals surface area (Å²) in [6.45, 7) is 8.73. The summed E-state index contributed by atoms with van der Waals surface area (Å²) in [5.74, 6) is 1.42. The molecule has 0 fully saturated rings. The number of hydrogen-bond donors (Lipinski definition) is 0. The lowest BCUT2D eigenvalue weighted by Crippen LogP contribution is -2.20. The van der Waals surface area contributed by atoms with Gasteiger partial charge in [-0.1, -0.05) is 68.8 Å². The zero-order valence-electron chi connectivity index (χ0n) is 18.0. The second kappa shape index (κ2) is 9.49. The van der Waals surface area contributed by atoms with Crippen molar-refractivity contribution < 1.29 is 19.0 Å². The Kier molecular flexibility index (Phi) is 6.78. The summed E-state index contributed by atoms with van der Waals surface area (Å²) < 4.78 is 16.9. The van der Waals surface area contributed by atoms with Gasteiger partial charge in [-0.3, -0.25) is 0 Å². The number of esters is 1. The molecule has 0 bridgehead atoms. The predicted octanol–water partition coefficient (Wildman–Crippen LogP) is 5.86. The molecule has 4 nitrogen and oxygen atoms in total. The van der Waals surface area contributed by atoms with Crippen LogP contribution in [0.2, 0.25) is 0 Å². The van der Waals surface area contributed by atoms with Crippen LogP contribution in [0.15, 0.2) is 72.8 Å². The Morgan fingerprint density at radius 2 is 1.50 bits per heavy atom. The maximum absolute atomic E-state index is 12.2. The monoisotopic (exact) mass is 404 g/mol. The van der Waals surface area contributed by atoms with E-state index in [0.29, 0.717) is 23.9 Å². The van der Waals surface area contributed by atoms with Crippen LogP contribution in [0.1, 0.15) is 37.5 Å². The van der Waals surface area contributed by atoms with E-state index in [2.05, 4.69) is 26.8 Å². The van der Waals surface area contributed by atoms with E-state index in [1.165, 1.54) is 0 Å². The van der Waals surface area contributed by atoms with Crippen molar-refractivity contribution in [2.75, 3.05) is 6.61 Å². The molecule has 3 aromatic carbocycles. The lowest BCUT2D eigenvalue weighted by atomic mass is 9.85. The molecule has 0 heterocycles. The van der Waals surface area contributed by atoms with Crippen LogP contribution >= 0.6 is 0 Å². The van der Waals surface area contributed by atoms with Crippen LogP contribution < -0.4 is 14.2 Å². The predicted molar refractivity (Wildman–Crippen MR) is 118 cm³/mol. The van der Waals surface area contributed by atoms with Crippen molar-refractivity contribution >= 4 is 5.97 Å². The number of benzene rings is 3. The van der Waals surface area contributed by atoms with Crippen LogP contribution in [0.3, 0.4) is 0 Å². The quantitative estimate of drug-likeness (QED) is 0.366. The number of rotatable bonds is 7. The normalized spacial score (nSPS) is 11.1. The van der Waals surface area contributed by atoms with Crippen LogP contribution in [0.25, 0.3) is 0 Å². The first-order chi connectivity index (χ1) is 14.3. The third-order valence-corrected chi connectivity index (χ3v) is 4.59. The molecule has 0 saturated carbocycles. The Balaban J connectivity index is 1.53. The van der Waals surface area contributed by atoms with E-state index >= 15 is 0 Å². The highest BCUT2D eigenvalue weighted by Crippen LogP contribution is 2.32. The van der Waals surface area contributed by atoms with Gasteiger partial charge in [0.2, 0.25) is 0 Å². The zero-order valence-corrected chi connectivity index (χ0v) is 18.0. The molecule has 0 aliphatic rings. The first kappa shape index (κ1) is 21.4. The third-order valence-electron chi connectivity index (χ3n) is 4.59. The first-order valence-electron chi connectivity index (χ1n) is 10.0. The summed E-state index contributed by atoms with van der Waals surface area (Å²) in [5.41, 5.74) is 3.23. The number of carbonyl (C=O) groups is 1. The Labute approximate surface area is 178 Å². The molecule has 0 amide bonds. The highest BCUT2D eigenvalue weighted by molar-refractivity contribution is 5.74. The summed E-state index contributed by atoms with van der Waals surface area (Å²) in [4.78, 5) is 12.2. The van der Waals surface area contributed by atoms with Gasteiger partial charge in [-0.2, -0.15) is 0 Å². The molecule has 0 aliphatic carbocycles. The van der Waals surface area contributed by atoms with Crippen molar-refractivity contribution in [2.24, 2.45) is 0 Å². The molecule has 30 heavy (non-hydrogen) atoms. The van der Waals surface area contributed by atoms with Gasteiger partial charge in [0.1, 0.15) is 23.9 Å². The molecule has 0 saturated heterocycles. The fourth-order valence-corrected chi connectivity index (χ4v) is 3.00. The topological polar surface area (TPSA) is 44.8 Å². The molecule has 0 unspecified atom stereocenters. The maximum Gasteiger partial charge on any atom is 0.349 e. The molecule has 0 aromatic heterocycles. The Morgan fingerprint density at radius 1 is 0.833 bits per heavy atom. The van der Waals surface area contributed by atoms with Gasteiger partial charge in [0, 0.05) is 0 Å². The SMILES string of the molecule is Cc1ccc(OCC(=O)Oc2ccc(OCc3ccccc3)cc2)c(C(C)(C)C)c1. The Morgan fingerprint density at radius 3 is 2.17 bits per heavy atom. The molecule has 156 valence electrons. The number of aryl methyl sites for hydroxylation is 1. The van der Waals surface area contributed by atoms with Gasteiger partial charge in [0.15, 0.2) is 6.61 Å². The van der Waals surface area contributed by atoms with Gasteiger partial charge in [-0.05, 0) is 53.8 Å². The van der Waals surface area contributed by atoms with Crippen LogP contribution in [-0.2, 0) is 16.8 Å². The minimum atomic E-state index is -0.451. The molecule has 3 rings (SSSR count). The van der Waals surface area contributed by atoms with Gasteiger partial charge in [-0.15, -0.1) is 0 Å². The van der Waals surface area contributed by atoms with Crippen LogP contribution in [0.5, 0.6) is 17.2 Å². The van der Waals surface area contributed by atoms with Crippen molar-refractivity contribution in [1.29, 1.82) is 0 Å². The molecule has 0 spiro atoms. The summed E-state index contributed by atoms with van der Waals surface area (Å²) in [6.07, 6.45) is 0. The first-order valence-corrected chi connectivity index (χ1v) is 10.0. The minimum absolute atomic E-state index is 0.0825. The number of carbonyl (C=O) groups excluding carboxylic acids is 1. The third kappa shape index (κ3) is 6.11. The highest BCUT2D eigenvalue weighted by Gasteiger charge is 2.20. The average Bonchev–Trinajstić information content (AvgIpc) is 2.72. The Bertz CT molecular complexity index is 970.